The summed E-state index contributed by atoms with van der Waals surface area (Å²) in [4.78, 5) is 40.1. The molecule has 10 heteroatoms. The van der Waals surface area contributed by atoms with E-state index in [4.69, 9.17) is 9.47 Å². The van der Waals surface area contributed by atoms with Gasteiger partial charge in [-0.05, 0) is 69.5 Å². The molecule has 8 nitrogen and oxygen atoms in total. The van der Waals surface area contributed by atoms with Crippen LogP contribution >= 0.6 is 22.7 Å². The largest absolute Gasteiger partial charge is 0.494 e. The van der Waals surface area contributed by atoms with E-state index in [0.29, 0.717) is 43.5 Å². The Kier molecular flexibility index (Phi) is 8.14. The Morgan fingerprint density at radius 3 is 1.42 bits per heavy atom. The summed E-state index contributed by atoms with van der Waals surface area (Å²) >= 11 is 3.05. The van der Waals surface area contributed by atoms with E-state index >= 15 is 0 Å². The van der Waals surface area contributed by atoms with Gasteiger partial charge in [-0.15, -0.1) is 22.7 Å². The lowest BCUT2D eigenvalue weighted by Crippen LogP contribution is -2.24. The molecule has 0 radical (unpaired) electrons. The maximum Gasteiger partial charge on any atom is 0.262 e. The molecule has 0 saturated carbocycles. The van der Waals surface area contributed by atoms with Crippen LogP contribution in [-0.2, 0) is 13.1 Å². The van der Waals surface area contributed by atoms with E-state index in [2.05, 4.69) is 9.97 Å². The van der Waals surface area contributed by atoms with Crippen LogP contribution in [0.4, 0.5) is 0 Å². The molecule has 6 rings (SSSR count). The zero-order valence-electron chi connectivity index (χ0n) is 24.5. The van der Waals surface area contributed by atoms with Crippen molar-refractivity contribution in [1.29, 1.82) is 0 Å². The standard InChI is InChI=1S/C33H32N4O4S2/c1-5-40-24-12-8-22(9-13-24)26-20(3)42-30-28(26)32(38)36(18-34-30)16-7-17-37-19-35-31-29(33(37)39)27(21(4)43-31)23-10-14-25(15-11-23)41-6-2/h8-15,18-19H,5-7,16-17H2,1-4H3. The third-order valence-electron chi connectivity index (χ3n) is 7.42. The Bertz CT molecular complexity index is 1890. The molecule has 0 aliphatic rings. The Morgan fingerprint density at radius 1 is 0.651 bits per heavy atom. The molecule has 0 aliphatic carbocycles. The topological polar surface area (TPSA) is 88.2 Å². The van der Waals surface area contributed by atoms with Crippen LogP contribution < -0.4 is 20.6 Å². The molecule has 0 spiro atoms. The molecule has 43 heavy (non-hydrogen) atoms. The van der Waals surface area contributed by atoms with Crippen molar-refractivity contribution in [2.24, 2.45) is 0 Å². The minimum atomic E-state index is -0.0783. The van der Waals surface area contributed by atoms with Gasteiger partial charge in [-0.3, -0.25) is 18.7 Å². The van der Waals surface area contributed by atoms with Crippen LogP contribution in [0, 0.1) is 13.8 Å². The van der Waals surface area contributed by atoms with Crippen molar-refractivity contribution >= 4 is 43.1 Å². The number of benzene rings is 2. The SMILES string of the molecule is CCOc1ccc(-c2c(C)sc3ncn(CCCn4cnc5sc(C)c(-c6ccc(OCC)cc6)c5c4=O)c(=O)c23)cc1. The first-order valence-corrected chi connectivity index (χ1v) is 16.0. The second kappa shape index (κ2) is 12.1. The van der Waals surface area contributed by atoms with Gasteiger partial charge >= 0.3 is 0 Å². The number of hydrogen-bond acceptors (Lipinski definition) is 8. The van der Waals surface area contributed by atoms with Crippen molar-refractivity contribution in [2.45, 2.75) is 47.2 Å². The quantitative estimate of drug-likeness (QED) is 0.165. The average Bonchev–Trinajstić information content (AvgIpc) is 3.53. The van der Waals surface area contributed by atoms with E-state index in [-0.39, 0.29) is 11.1 Å². The smallest absolute Gasteiger partial charge is 0.262 e. The van der Waals surface area contributed by atoms with E-state index in [0.717, 1.165) is 53.2 Å². The summed E-state index contributed by atoms with van der Waals surface area (Å²) in [5, 5.41) is 1.26. The third-order valence-corrected chi connectivity index (χ3v) is 9.44. The van der Waals surface area contributed by atoms with Gasteiger partial charge in [-0.2, -0.15) is 0 Å². The van der Waals surface area contributed by atoms with Crippen LogP contribution in [0.1, 0.15) is 30.0 Å². The van der Waals surface area contributed by atoms with Crippen LogP contribution in [0.15, 0.2) is 70.8 Å². The summed E-state index contributed by atoms with van der Waals surface area (Å²) < 4.78 is 14.5. The van der Waals surface area contributed by atoms with E-state index in [1.807, 2.05) is 76.2 Å². The number of hydrogen-bond donors (Lipinski definition) is 0. The minimum Gasteiger partial charge on any atom is -0.494 e. The fraction of sp³-hybridized carbons (Fsp3) is 0.273. The molecule has 0 atom stereocenters. The van der Waals surface area contributed by atoms with Crippen LogP contribution in [-0.4, -0.2) is 32.3 Å². The monoisotopic (exact) mass is 612 g/mol. The van der Waals surface area contributed by atoms with Gasteiger partial charge in [0.1, 0.15) is 21.2 Å². The van der Waals surface area contributed by atoms with E-state index in [1.54, 1.807) is 21.8 Å². The van der Waals surface area contributed by atoms with E-state index in [9.17, 15) is 9.59 Å². The number of rotatable bonds is 10. The van der Waals surface area contributed by atoms with Gasteiger partial charge in [0.25, 0.3) is 11.1 Å². The van der Waals surface area contributed by atoms with Crippen molar-refractivity contribution in [3.63, 3.8) is 0 Å². The molecule has 4 aromatic heterocycles. The lowest BCUT2D eigenvalue weighted by atomic mass is 10.0. The molecule has 0 amide bonds. The Labute approximate surface area is 256 Å². The molecule has 220 valence electrons. The molecular formula is C33H32N4O4S2. The fourth-order valence-corrected chi connectivity index (χ4v) is 7.48. The molecule has 4 heterocycles. The van der Waals surface area contributed by atoms with Crippen LogP contribution in [0.25, 0.3) is 42.7 Å². The number of aromatic nitrogens is 4. The molecule has 0 unspecified atom stereocenters. The Balaban J connectivity index is 1.26. The minimum absolute atomic E-state index is 0.0783. The maximum absolute atomic E-state index is 13.7. The molecule has 0 aliphatic heterocycles. The number of fused-ring (bicyclic) bond motifs is 2. The second-order valence-electron chi connectivity index (χ2n) is 10.2. The highest BCUT2D eigenvalue weighted by molar-refractivity contribution is 7.19. The van der Waals surface area contributed by atoms with Crippen molar-refractivity contribution in [1.82, 2.24) is 19.1 Å². The zero-order valence-corrected chi connectivity index (χ0v) is 26.2. The Hall–Kier alpha value is -4.28. The van der Waals surface area contributed by atoms with Crippen molar-refractivity contribution in [2.75, 3.05) is 13.2 Å². The molecule has 6 aromatic rings. The van der Waals surface area contributed by atoms with Crippen molar-refractivity contribution < 1.29 is 9.47 Å². The number of ether oxygens (including phenoxy) is 2. The number of aryl methyl sites for hydroxylation is 4. The highest BCUT2D eigenvalue weighted by atomic mass is 32.1. The second-order valence-corrected chi connectivity index (χ2v) is 12.6. The normalized spacial score (nSPS) is 11.4. The van der Waals surface area contributed by atoms with Gasteiger partial charge in [0.05, 0.1) is 36.6 Å². The lowest BCUT2D eigenvalue weighted by Gasteiger charge is -2.09. The molecule has 0 saturated heterocycles. The fourth-order valence-electron chi connectivity index (χ4n) is 5.47. The molecule has 0 bridgehead atoms. The van der Waals surface area contributed by atoms with E-state index in [1.165, 1.54) is 22.7 Å². The van der Waals surface area contributed by atoms with Gasteiger partial charge in [0, 0.05) is 34.0 Å². The summed E-state index contributed by atoms with van der Waals surface area (Å²) in [5.74, 6) is 1.59. The van der Waals surface area contributed by atoms with Crippen molar-refractivity contribution in [3.05, 3.63) is 91.6 Å². The highest BCUT2D eigenvalue weighted by Crippen LogP contribution is 2.37. The maximum atomic E-state index is 13.7. The predicted molar refractivity (Wildman–Crippen MR) is 175 cm³/mol. The molecule has 0 N–H and O–H groups in total. The summed E-state index contributed by atoms with van der Waals surface area (Å²) in [6, 6.07) is 15.6. The average molecular weight is 613 g/mol. The summed E-state index contributed by atoms with van der Waals surface area (Å²) in [6.07, 6.45) is 3.79. The summed E-state index contributed by atoms with van der Waals surface area (Å²) in [6.45, 7) is 10.00. The molecule has 2 aromatic carbocycles. The third kappa shape index (κ3) is 5.48. The first kappa shape index (κ1) is 28.8. The van der Waals surface area contributed by atoms with Gasteiger partial charge in [0.2, 0.25) is 0 Å². The van der Waals surface area contributed by atoms with Crippen LogP contribution in [0.3, 0.4) is 0 Å². The first-order valence-electron chi connectivity index (χ1n) is 14.3. The molecular weight excluding hydrogens is 581 g/mol. The van der Waals surface area contributed by atoms with Gasteiger partial charge in [-0.25, -0.2) is 9.97 Å². The van der Waals surface area contributed by atoms with Gasteiger partial charge in [0.15, 0.2) is 0 Å². The van der Waals surface area contributed by atoms with Crippen LogP contribution in [0.2, 0.25) is 0 Å². The van der Waals surface area contributed by atoms with Crippen molar-refractivity contribution in [3.8, 4) is 33.8 Å². The summed E-state index contributed by atoms with van der Waals surface area (Å²) in [5.41, 5.74) is 3.59. The number of thiophene rings is 2. The van der Waals surface area contributed by atoms with Crippen LogP contribution in [0.5, 0.6) is 11.5 Å². The zero-order chi connectivity index (χ0) is 30.1. The Morgan fingerprint density at radius 2 is 1.05 bits per heavy atom. The van der Waals surface area contributed by atoms with Gasteiger partial charge < -0.3 is 9.47 Å². The summed E-state index contributed by atoms with van der Waals surface area (Å²) in [7, 11) is 0. The lowest BCUT2D eigenvalue weighted by molar-refractivity contribution is 0.340. The van der Waals surface area contributed by atoms with Gasteiger partial charge in [-0.1, -0.05) is 24.3 Å². The first-order chi connectivity index (χ1) is 20.9. The number of nitrogens with zero attached hydrogens (tertiary/aromatic N) is 4. The van der Waals surface area contributed by atoms with E-state index < -0.39 is 0 Å². The molecule has 0 fully saturated rings. The predicted octanol–water partition coefficient (Wildman–Crippen LogP) is 7.07. The highest BCUT2D eigenvalue weighted by Gasteiger charge is 2.19.